The van der Waals surface area contributed by atoms with Crippen LogP contribution in [0.4, 0.5) is 5.69 Å². The molecule has 0 bridgehead atoms. The fourth-order valence-corrected chi connectivity index (χ4v) is 6.03. The minimum absolute atomic E-state index is 0.0565. The van der Waals surface area contributed by atoms with Crippen molar-refractivity contribution in [2.45, 2.75) is 38.4 Å². The van der Waals surface area contributed by atoms with Crippen LogP contribution in [0.25, 0.3) is 0 Å². The predicted molar refractivity (Wildman–Crippen MR) is 120 cm³/mol. The third kappa shape index (κ3) is 3.42. The Morgan fingerprint density at radius 2 is 2.03 bits per heavy atom. The lowest BCUT2D eigenvalue weighted by Gasteiger charge is -2.34. The number of aromatic nitrogens is 1. The van der Waals surface area contributed by atoms with Crippen LogP contribution in [0.5, 0.6) is 0 Å². The molecular formula is C23H28N4OS. The first-order chi connectivity index (χ1) is 14.3. The van der Waals surface area contributed by atoms with Gasteiger partial charge in [-0.2, -0.15) is 0 Å². The maximum atomic E-state index is 5.52. The van der Waals surface area contributed by atoms with Gasteiger partial charge in [-0.25, -0.2) is 0 Å². The topological polar surface area (TPSA) is 41.0 Å². The van der Waals surface area contributed by atoms with Gasteiger partial charge in [-0.3, -0.25) is 9.98 Å². The van der Waals surface area contributed by atoms with E-state index in [1.54, 1.807) is 0 Å². The summed E-state index contributed by atoms with van der Waals surface area (Å²) in [6, 6.07) is 13.9. The van der Waals surface area contributed by atoms with Crippen LogP contribution in [-0.4, -0.2) is 53.1 Å². The number of hydrogen-bond acceptors (Lipinski definition) is 6. The molecule has 1 aromatic carbocycles. The molecule has 3 aliphatic rings. The maximum Gasteiger partial charge on any atom is 0.160 e. The van der Waals surface area contributed by atoms with Gasteiger partial charge < -0.3 is 14.5 Å². The van der Waals surface area contributed by atoms with Crippen LogP contribution < -0.4 is 4.90 Å². The molecule has 4 heterocycles. The van der Waals surface area contributed by atoms with Crippen molar-refractivity contribution in [3.8, 4) is 0 Å². The molecule has 6 heteroatoms. The number of hydrogen-bond donors (Lipinski definition) is 0. The highest BCUT2D eigenvalue weighted by Crippen LogP contribution is 2.49. The largest absolute Gasteiger partial charge is 0.378 e. The van der Waals surface area contributed by atoms with Gasteiger partial charge in [0.15, 0.2) is 5.17 Å². The lowest BCUT2D eigenvalue weighted by Crippen LogP contribution is -2.37. The Morgan fingerprint density at radius 1 is 1.17 bits per heavy atom. The summed E-state index contributed by atoms with van der Waals surface area (Å²) in [4.78, 5) is 14.8. The van der Waals surface area contributed by atoms with E-state index in [1.165, 1.54) is 22.0 Å². The Labute approximate surface area is 177 Å². The number of nitrogens with zero attached hydrogens (tertiary/aromatic N) is 4. The number of anilines is 1. The molecule has 3 aliphatic heterocycles. The molecule has 0 spiro atoms. The van der Waals surface area contributed by atoms with Crippen LogP contribution in [0, 0.1) is 6.92 Å². The fourth-order valence-electron chi connectivity index (χ4n) is 4.70. The van der Waals surface area contributed by atoms with Crippen LogP contribution >= 0.6 is 11.8 Å². The van der Waals surface area contributed by atoms with Gasteiger partial charge in [-0.15, -0.1) is 0 Å². The number of ether oxygens (including phenoxy) is 1. The summed E-state index contributed by atoms with van der Waals surface area (Å²) >= 11 is 1.90. The van der Waals surface area contributed by atoms with Gasteiger partial charge in [0.05, 0.1) is 24.9 Å². The molecule has 29 heavy (non-hydrogen) atoms. The average Bonchev–Trinajstić information content (AvgIpc) is 3.34. The second kappa shape index (κ2) is 8.00. The summed E-state index contributed by atoms with van der Waals surface area (Å²) in [5.41, 5.74) is 5.07. The molecule has 3 atom stereocenters. The molecule has 0 aliphatic carbocycles. The Hall–Kier alpha value is -2.05. The monoisotopic (exact) mass is 408 g/mol. The van der Waals surface area contributed by atoms with Crippen molar-refractivity contribution in [2.24, 2.45) is 4.99 Å². The zero-order chi connectivity index (χ0) is 19.8. The van der Waals surface area contributed by atoms with E-state index < -0.39 is 0 Å². The summed E-state index contributed by atoms with van der Waals surface area (Å²) in [5.74, 6) is 1.13. The summed E-state index contributed by atoms with van der Waals surface area (Å²) in [6.07, 6.45) is 3.03. The number of fused-ring (bicyclic) bond motifs is 1. The Morgan fingerprint density at radius 3 is 2.76 bits per heavy atom. The van der Waals surface area contributed by atoms with Gasteiger partial charge >= 0.3 is 0 Å². The molecule has 2 aromatic rings. The SMILES string of the molecule is CC[C@@H]1CSC2=N[C@H](c3ccccn3)[C@H](c3ccc(N4CCOCC4)cc3C)N21. The molecule has 5 rings (SSSR count). The zero-order valence-corrected chi connectivity index (χ0v) is 17.9. The van der Waals surface area contributed by atoms with Gasteiger partial charge in [0, 0.05) is 36.8 Å². The van der Waals surface area contributed by atoms with E-state index in [0.717, 1.165) is 44.2 Å². The first-order valence-electron chi connectivity index (χ1n) is 10.6. The molecule has 0 unspecified atom stereocenters. The first kappa shape index (κ1) is 18.9. The number of pyridine rings is 1. The van der Waals surface area contributed by atoms with Crippen molar-refractivity contribution < 1.29 is 4.74 Å². The number of amidine groups is 1. The first-order valence-corrected chi connectivity index (χ1v) is 11.6. The predicted octanol–water partition coefficient (Wildman–Crippen LogP) is 4.21. The highest BCUT2D eigenvalue weighted by Gasteiger charge is 2.45. The highest BCUT2D eigenvalue weighted by molar-refractivity contribution is 8.14. The lowest BCUT2D eigenvalue weighted by atomic mass is 9.91. The van der Waals surface area contributed by atoms with E-state index >= 15 is 0 Å². The molecule has 0 saturated carbocycles. The molecule has 2 saturated heterocycles. The van der Waals surface area contributed by atoms with Crippen LogP contribution in [-0.2, 0) is 4.74 Å². The van der Waals surface area contributed by atoms with E-state index in [9.17, 15) is 0 Å². The molecule has 2 fully saturated rings. The Bertz CT molecular complexity index is 897. The second-order valence-corrected chi connectivity index (χ2v) is 8.96. The Balaban J connectivity index is 1.52. The molecule has 0 amide bonds. The van der Waals surface area contributed by atoms with Crippen molar-refractivity contribution >= 4 is 22.6 Å². The number of aliphatic imine (C=N–C) groups is 1. The number of aryl methyl sites for hydroxylation is 1. The van der Waals surface area contributed by atoms with Gasteiger partial charge in [-0.1, -0.05) is 30.8 Å². The van der Waals surface area contributed by atoms with Crippen LogP contribution in [0.1, 0.15) is 42.2 Å². The van der Waals surface area contributed by atoms with E-state index in [1.807, 2.05) is 24.0 Å². The smallest absolute Gasteiger partial charge is 0.160 e. The fraction of sp³-hybridized carbons (Fsp3) is 0.478. The van der Waals surface area contributed by atoms with Crippen molar-refractivity contribution in [2.75, 3.05) is 37.0 Å². The average molecular weight is 409 g/mol. The third-order valence-corrected chi connectivity index (χ3v) is 7.40. The van der Waals surface area contributed by atoms with E-state index in [-0.39, 0.29) is 12.1 Å². The summed E-state index contributed by atoms with van der Waals surface area (Å²) in [7, 11) is 0. The number of thioether (sulfide) groups is 1. The highest BCUT2D eigenvalue weighted by atomic mass is 32.2. The molecular weight excluding hydrogens is 380 g/mol. The molecule has 0 N–H and O–H groups in total. The van der Waals surface area contributed by atoms with Crippen LogP contribution in [0.2, 0.25) is 0 Å². The second-order valence-electron chi connectivity index (χ2n) is 7.98. The van der Waals surface area contributed by atoms with E-state index in [0.29, 0.717) is 6.04 Å². The molecule has 152 valence electrons. The zero-order valence-electron chi connectivity index (χ0n) is 17.1. The van der Waals surface area contributed by atoms with E-state index in [2.05, 4.69) is 59.0 Å². The standard InChI is InChI=1S/C23H28N4OS/c1-3-17-15-29-23-25-21(20-6-4-5-9-24-20)22(27(17)23)19-8-7-18(14-16(19)2)26-10-12-28-13-11-26/h4-9,14,17,21-22H,3,10-13,15H2,1-2H3/t17-,21-,22+/m1/s1. The summed E-state index contributed by atoms with van der Waals surface area (Å²) < 4.78 is 5.52. The minimum atomic E-state index is 0.0565. The minimum Gasteiger partial charge on any atom is -0.378 e. The van der Waals surface area contributed by atoms with Crippen molar-refractivity contribution in [1.82, 2.24) is 9.88 Å². The molecule has 5 nitrogen and oxygen atoms in total. The van der Waals surface area contributed by atoms with Crippen molar-refractivity contribution in [3.05, 3.63) is 59.4 Å². The van der Waals surface area contributed by atoms with Gasteiger partial charge in [0.1, 0.15) is 6.04 Å². The van der Waals surface area contributed by atoms with Crippen molar-refractivity contribution in [1.29, 1.82) is 0 Å². The third-order valence-electron chi connectivity index (χ3n) is 6.28. The van der Waals surface area contributed by atoms with Crippen LogP contribution in [0.15, 0.2) is 47.6 Å². The molecule has 0 radical (unpaired) electrons. The number of rotatable bonds is 4. The summed E-state index contributed by atoms with van der Waals surface area (Å²) in [6.45, 7) is 8.08. The van der Waals surface area contributed by atoms with Crippen LogP contribution in [0.3, 0.4) is 0 Å². The maximum absolute atomic E-state index is 5.52. The quantitative estimate of drug-likeness (QED) is 0.758. The molecule has 1 aromatic heterocycles. The Kier molecular flexibility index (Phi) is 5.22. The number of morpholine rings is 1. The van der Waals surface area contributed by atoms with Crippen molar-refractivity contribution in [3.63, 3.8) is 0 Å². The normalized spacial score (nSPS) is 26.6. The van der Waals surface area contributed by atoms with Gasteiger partial charge in [0.2, 0.25) is 0 Å². The summed E-state index contributed by atoms with van der Waals surface area (Å²) in [5, 5.41) is 1.19. The lowest BCUT2D eigenvalue weighted by molar-refractivity contribution is 0.122. The van der Waals surface area contributed by atoms with E-state index in [4.69, 9.17) is 9.73 Å². The van der Waals surface area contributed by atoms with Gasteiger partial charge in [-0.05, 0) is 48.7 Å². The number of benzene rings is 1. The van der Waals surface area contributed by atoms with Gasteiger partial charge in [0.25, 0.3) is 0 Å².